The molecule has 9 rings (SSSR count). The summed E-state index contributed by atoms with van der Waals surface area (Å²) in [5.41, 5.74) is 5.94. The lowest BCUT2D eigenvalue weighted by atomic mass is 9.68. The van der Waals surface area contributed by atoms with Gasteiger partial charge in [0.25, 0.3) is 0 Å². The molecule has 1 aliphatic carbocycles. The third kappa shape index (κ3) is 3.35. The molecule has 7 aromatic carbocycles. The molecule has 2 nitrogen and oxygen atoms in total. The van der Waals surface area contributed by atoms with Crippen LogP contribution in [0.25, 0.3) is 43.8 Å². The Morgan fingerprint density at radius 1 is 0.512 bits per heavy atom. The van der Waals surface area contributed by atoms with Gasteiger partial charge in [0.05, 0.1) is 23.4 Å². The first-order valence-corrected chi connectivity index (χ1v) is 14.1. The molecule has 0 saturated carbocycles. The number of hydrogen-bond acceptors (Lipinski definition) is 2. The Morgan fingerprint density at radius 2 is 1.19 bits per heavy atom. The Balaban J connectivity index is 1.37. The van der Waals surface area contributed by atoms with Crippen LogP contribution in [-0.2, 0) is 5.41 Å². The van der Waals surface area contributed by atoms with Crippen LogP contribution >= 0.6 is 0 Å². The lowest BCUT2D eigenvalue weighted by Gasteiger charge is -2.33. The van der Waals surface area contributed by atoms with E-state index in [2.05, 4.69) is 47.8 Å². The van der Waals surface area contributed by atoms with Gasteiger partial charge in [-0.25, -0.2) is 0 Å². The molecule has 0 fully saturated rings. The summed E-state index contributed by atoms with van der Waals surface area (Å²) in [5, 5.41) is 3.15. The standard InChI is InChI=1S/C41H27NO/c1-3-14-28(15-4-1)41(29-16-5-2-6-17-29)34-21-10-9-19-33(34)38-35(41)22-12-23-36(38)42-37-24-11-20-31-32-26-25-27-13-7-8-18-30(27)39(32)43-40(31)37/h1-26,42H/i7D,8D,11D,13D,18D,20D,24D,25D,26D. The van der Waals surface area contributed by atoms with Gasteiger partial charge >= 0.3 is 0 Å². The van der Waals surface area contributed by atoms with Crippen LogP contribution in [0.5, 0.6) is 0 Å². The number of furan rings is 1. The highest BCUT2D eigenvalue weighted by molar-refractivity contribution is 6.17. The Hall–Kier alpha value is -5.60. The molecular formula is C41H27NO. The average Bonchev–Trinajstić information content (AvgIpc) is 3.72. The first kappa shape index (κ1) is 16.7. The summed E-state index contributed by atoms with van der Waals surface area (Å²) in [6, 6.07) is 30.8. The second kappa shape index (κ2) is 9.20. The first-order chi connectivity index (χ1) is 25.1. The van der Waals surface area contributed by atoms with Gasteiger partial charge in [-0.2, -0.15) is 0 Å². The summed E-state index contributed by atoms with van der Waals surface area (Å²) in [6.45, 7) is 0. The van der Waals surface area contributed by atoms with Gasteiger partial charge in [-0.1, -0.05) is 139 Å². The van der Waals surface area contributed by atoms with Gasteiger partial charge in [0.2, 0.25) is 0 Å². The summed E-state index contributed by atoms with van der Waals surface area (Å²) < 4.78 is 84.7. The molecule has 0 atom stereocenters. The van der Waals surface area contributed by atoms with Crippen molar-refractivity contribution >= 4 is 44.1 Å². The molecule has 2 heteroatoms. The largest absolute Gasteiger partial charge is 0.453 e. The van der Waals surface area contributed by atoms with Gasteiger partial charge in [-0.05, 0) is 51.4 Å². The van der Waals surface area contributed by atoms with E-state index in [1.165, 1.54) is 0 Å². The highest BCUT2D eigenvalue weighted by atomic mass is 16.3. The Bertz CT molecular complexity index is 2780. The van der Waals surface area contributed by atoms with Gasteiger partial charge in [-0.3, -0.25) is 0 Å². The normalized spacial score (nSPS) is 16.2. The fourth-order valence-electron chi connectivity index (χ4n) is 6.76. The molecule has 1 heterocycles. The zero-order valence-corrected chi connectivity index (χ0v) is 22.7. The number of nitrogens with one attached hydrogen (secondary N) is 1. The summed E-state index contributed by atoms with van der Waals surface area (Å²) in [7, 11) is 0. The van der Waals surface area contributed by atoms with Gasteiger partial charge < -0.3 is 9.73 Å². The van der Waals surface area contributed by atoms with E-state index in [0.29, 0.717) is 5.69 Å². The van der Waals surface area contributed by atoms with Crippen molar-refractivity contribution < 1.29 is 16.8 Å². The number of benzene rings is 7. The number of hydrogen-bond donors (Lipinski definition) is 1. The van der Waals surface area contributed by atoms with Crippen molar-refractivity contribution in [2.45, 2.75) is 5.41 Å². The quantitative estimate of drug-likeness (QED) is 0.232. The highest BCUT2D eigenvalue weighted by Crippen LogP contribution is 2.58. The summed E-state index contributed by atoms with van der Waals surface area (Å²) in [4.78, 5) is 0. The van der Waals surface area contributed by atoms with Crippen molar-refractivity contribution in [2.24, 2.45) is 0 Å². The number of para-hydroxylation sites is 1. The van der Waals surface area contributed by atoms with Gasteiger partial charge in [-0.15, -0.1) is 0 Å². The minimum Gasteiger partial charge on any atom is -0.453 e. The molecule has 0 amide bonds. The van der Waals surface area contributed by atoms with Crippen LogP contribution < -0.4 is 5.32 Å². The van der Waals surface area contributed by atoms with Crippen LogP contribution in [0.15, 0.2) is 162 Å². The molecular weight excluding hydrogens is 522 g/mol. The molecule has 43 heavy (non-hydrogen) atoms. The van der Waals surface area contributed by atoms with Crippen LogP contribution in [0.3, 0.4) is 0 Å². The van der Waals surface area contributed by atoms with E-state index in [-0.39, 0.29) is 50.5 Å². The van der Waals surface area contributed by atoms with E-state index < -0.39 is 47.7 Å². The zero-order valence-electron chi connectivity index (χ0n) is 31.7. The minimum absolute atomic E-state index is 0.0159. The number of rotatable bonds is 4. The molecule has 1 aliphatic rings. The third-order valence-corrected chi connectivity index (χ3v) is 8.48. The molecule has 0 bridgehead atoms. The van der Waals surface area contributed by atoms with E-state index in [1.807, 2.05) is 60.7 Å². The van der Waals surface area contributed by atoms with Crippen molar-refractivity contribution in [3.63, 3.8) is 0 Å². The average molecular weight is 559 g/mol. The molecule has 0 saturated heterocycles. The van der Waals surface area contributed by atoms with Crippen molar-refractivity contribution in [3.8, 4) is 11.1 Å². The molecule has 0 aliphatic heterocycles. The highest BCUT2D eigenvalue weighted by Gasteiger charge is 2.46. The summed E-state index contributed by atoms with van der Waals surface area (Å²) in [5.74, 6) is 0. The lowest BCUT2D eigenvalue weighted by Crippen LogP contribution is -2.28. The third-order valence-electron chi connectivity index (χ3n) is 8.48. The maximum Gasteiger partial charge on any atom is 0.158 e. The van der Waals surface area contributed by atoms with Crippen molar-refractivity contribution in [2.75, 3.05) is 5.32 Å². The zero-order chi connectivity index (χ0) is 36.2. The van der Waals surface area contributed by atoms with E-state index in [4.69, 9.17) is 16.8 Å². The summed E-state index contributed by atoms with van der Waals surface area (Å²) >= 11 is 0. The SMILES string of the molecule is [2H]c1c([2H])c([2H])c2c(oc3c4c([2H])c([2H])c([2H])c([2H])c4c([2H])c([2H])c32)c1Nc1cccc2c1-c1ccccc1C2(c1ccccc1)c1ccccc1. The predicted molar refractivity (Wildman–Crippen MR) is 178 cm³/mol. The van der Waals surface area contributed by atoms with E-state index >= 15 is 0 Å². The fraction of sp³-hybridized carbons (Fsp3) is 0.0244. The van der Waals surface area contributed by atoms with E-state index in [9.17, 15) is 0 Å². The molecule has 1 N–H and O–H groups in total. The van der Waals surface area contributed by atoms with E-state index in [1.54, 1.807) is 0 Å². The van der Waals surface area contributed by atoms with Crippen LogP contribution in [0, 0.1) is 0 Å². The smallest absolute Gasteiger partial charge is 0.158 e. The fourth-order valence-corrected chi connectivity index (χ4v) is 6.76. The van der Waals surface area contributed by atoms with Gasteiger partial charge in [0.1, 0.15) is 5.58 Å². The molecule has 0 spiro atoms. The Morgan fingerprint density at radius 3 is 2.00 bits per heavy atom. The molecule has 1 aromatic heterocycles. The predicted octanol–water partition coefficient (Wildman–Crippen LogP) is 10.8. The van der Waals surface area contributed by atoms with Gasteiger partial charge in [0, 0.05) is 27.4 Å². The Labute approximate surface area is 262 Å². The van der Waals surface area contributed by atoms with E-state index in [0.717, 1.165) is 33.4 Å². The second-order valence-electron chi connectivity index (χ2n) is 10.6. The lowest BCUT2D eigenvalue weighted by molar-refractivity contribution is 0.674. The van der Waals surface area contributed by atoms with Crippen LogP contribution in [0.2, 0.25) is 0 Å². The summed E-state index contributed by atoms with van der Waals surface area (Å²) in [6.07, 6.45) is 0. The number of anilines is 2. The first-order valence-electron chi connectivity index (χ1n) is 18.6. The monoisotopic (exact) mass is 558 g/mol. The molecule has 202 valence electrons. The minimum atomic E-state index is -0.692. The molecule has 8 aromatic rings. The van der Waals surface area contributed by atoms with Crippen LogP contribution in [-0.4, -0.2) is 0 Å². The number of fused-ring (bicyclic) bond motifs is 8. The topological polar surface area (TPSA) is 25.2 Å². The molecule has 0 radical (unpaired) electrons. The van der Waals surface area contributed by atoms with Gasteiger partial charge in [0.15, 0.2) is 5.58 Å². The maximum absolute atomic E-state index is 9.09. The van der Waals surface area contributed by atoms with Crippen molar-refractivity contribution in [1.29, 1.82) is 0 Å². The maximum atomic E-state index is 9.09. The molecule has 0 unspecified atom stereocenters. The van der Waals surface area contributed by atoms with Crippen molar-refractivity contribution in [1.82, 2.24) is 0 Å². The van der Waals surface area contributed by atoms with Crippen LogP contribution in [0.4, 0.5) is 11.4 Å². The van der Waals surface area contributed by atoms with Crippen molar-refractivity contribution in [3.05, 3.63) is 180 Å². The van der Waals surface area contributed by atoms with Crippen LogP contribution in [0.1, 0.15) is 34.6 Å². The second-order valence-corrected chi connectivity index (χ2v) is 10.6. The Kier molecular flexibility index (Phi) is 3.58.